The van der Waals surface area contributed by atoms with Crippen molar-refractivity contribution in [3.05, 3.63) is 0 Å². The second-order valence-corrected chi connectivity index (χ2v) is 5.88. The molecule has 1 rings (SSSR count). The van der Waals surface area contributed by atoms with Gasteiger partial charge in [-0.05, 0) is 31.2 Å². The van der Waals surface area contributed by atoms with E-state index in [0.717, 1.165) is 25.8 Å². The molecule has 0 spiro atoms. The van der Waals surface area contributed by atoms with Gasteiger partial charge >= 0.3 is 0 Å². The average Bonchev–Trinajstić information content (AvgIpc) is 2.41. The van der Waals surface area contributed by atoms with E-state index in [9.17, 15) is 4.79 Å². The lowest BCUT2D eigenvalue weighted by molar-refractivity contribution is -0.121. The molecule has 88 valence electrons. The highest BCUT2D eigenvalue weighted by molar-refractivity contribution is 5.84. The van der Waals surface area contributed by atoms with Crippen molar-refractivity contribution in [2.45, 2.75) is 65.3 Å². The van der Waals surface area contributed by atoms with E-state index in [4.69, 9.17) is 0 Å². The van der Waals surface area contributed by atoms with Gasteiger partial charge in [0.1, 0.15) is 5.78 Å². The molecule has 0 aromatic carbocycles. The van der Waals surface area contributed by atoms with Crippen LogP contribution in [0.3, 0.4) is 0 Å². The normalized spacial score (nSPS) is 23.5. The molecule has 1 unspecified atom stereocenters. The fourth-order valence-electron chi connectivity index (χ4n) is 1.98. The Kier molecular flexibility index (Phi) is 4.78. The minimum atomic E-state index is 0.148. The molecular weight excluding hydrogens is 186 g/mol. The summed E-state index contributed by atoms with van der Waals surface area (Å²) in [6.45, 7) is 7.61. The van der Waals surface area contributed by atoms with Crippen molar-refractivity contribution in [2.24, 2.45) is 5.41 Å². The van der Waals surface area contributed by atoms with Crippen LogP contribution in [0.15, 0.2) is 0 Å². The van der Waals surface area contributed by atoms with Crippen LogP contribution in [0.1, 0.15) is 59.3 Å². The van der Waals surface area contributed by atoms with E-state index in [1.54, 1.807) is 0 Å². The Morgan fingerprint density at radius 3 is 2.67 bits per heavy atom. The molecule has 0 bridgehead atoms. The Bertz CT molecular complexity index is 197. The number of carbonyl (C=O) groups excluding carboxylic acids is 1. The topological polar surface area (TPSA) is 29.1 Å². The summed E-state index contributed by atoms with van der Waals surface area (Å²) in [4.78, 5) is 11.9. The molecule has 0 aromatic rings. The van der Waals surface area contributed by atoms with Gasteiger partial charge < -0.3 is 5.32 Å². The number of hydrogen-bond acceptors (Lipinski definition) is 2. The van der Waals surface area contributed by atoms with Crippen LogP contribution in [0.25, 0.3) is 0 Å². The number of ketones is 1. The smallest absolute Gasteiger partial charge is 0.149 e. The summed E-state index contributed by atoms with van der Waals surface area (Å²) in [6.07, 6.45) is 6.49. The zero-order valence-electron chi connectivity index (χ0n) is 10.4. The third-order valence-corrected chi connectivity index (χ3v) is 3.07. The van der Waals surface area contributed by atoms with Gasteiger partial charge in [-0.2, -0.15) is 0 Å². The number of Topliss-reactive ketones (excluding diaryl/α,β-unsaturated/α-hetero) is 1. The highest BCUT2D eigenvalue weighted by Gasteiger charge is 2.21. The van der Waals surface area contributed by atoms with Crippen molar-refractivity contribution in [3.8, 4) is 0 Å². The first-order valence-electron chi connectivity index (χ1n) is 6.25. The van der Waals surface area contributed by atoms with E-state index in [1.807, 2.05) is 0 Å². The van der Waals surface area contributed by atoms with E-state index < -0.39 is 0 Å². The van der Waals surface area contributed by atoms with Gasteiger partial charge in [0.15, 0.2) is 0 Å². The molecule has 1 saturated heterocycles. The molecule has 1 fully saturated rings. The molecule has 0 aromatic heterocycles. The minimum Gasteiger partial charge on any atom is -0.307 e. The third kappa shape index (κ3) is 5.31. The van der Waals surface area contributed by atoms with E-state index in [0.29, 0.717) is 5.78 Å². The van der Waals surface area contributed by atoms with Crippen LogP contribution in [0.4, 0.5) is 0 Å². The maximum atomic E-state index is 11.9. The Balaban J connectivity index is 2.32. The van der Waals surface area contributed by atoms with E-state index in [-0.39, 0.29) is 11.5 Å². The third-order valence-electron chi connectivity index (χ3n) is 3.07. The van der Waals surface area contributed by atoms with Crippen molar-refractivity contribution in [3.63, 3.8) is 0 Å². The van der Waals surface area contributed by atoms with Crippen LogP contribution >= 0.6 is 0 Å². The first-order chi connectivity index (χ1) is 6.99. The number of hydrogen-bond donors (Lipinski definition) is 1. The van der Waals surface area contributed by atoms with Gasteiger partial charge in [0.05, 0.1) is 6.04 Å². The highest BCUT2D eigenvalue weighted by atomic mass is 16.1. The number of rotatable bonds is 3. The Morgan fingerprint density at radius 1 is 1.27 bits per heavy atom. The molecule has 0 amide bonds. The van der Waals surface area contributed by atoms with Crippen molar-refractivity contribution in [1.82, 2.24) is 5.32 Å². The molecule has 1 heterocycles. The molecule has 0 aliphatic carbocycles. The molecule has 15 heavy (non-hydrogen) atoms. The molecule has 0 radical (unpaired) electrons. The summed E-state index contributed by atoms with van der Waals surface area (Å²) >= 11 is 0. The second kappa shape index (κ2) is 5.64. The van der Waals surface area contributed by atoms with Gasteiger partial charge in [0.2, 0.25) is 0 Å². The molecule has 2 nitrogen and oxygen atoms in total. The van der Waals surface area contributed by atoms with Gasteiger partial charge in [0, 0.05) is 6.42 Å². The molecule has 1 aliphatic rings. The first kappa shape index (κ1) is 12.7. The predicted octanol–water partition coefficient (Wildman–Crippen LogP) is 2.91. The molecular formula is C13H25NO. The molecule has 2 heteroatoms. The quantitative estimate of drug-likeness (QED) is 0.777. The lowest BCUT2D eigenvalue weighted by Gasteiger charge is -2.20. The van der Waals surface area contributed by atoms with E-state index >= 15 is 0 Å². The van der Waals surface area contributed by atoms with Gasteiger partial charge in [0.25, 0.3) is 0 Å². The summed E-state index contributed by atoms with van der Waals surface area (Å²) in [7, 11) is 0. The van der Waals surface area contributed by atoms with Crippen LogP contribution in [-0.4, -0.2) is 18.4 Å². The summed E-state index contributed by atoms with van der Waals surface area (Å²) in [5.74, 6) is 0.423. The van der Waals surface area contributed by atoms with Crippen LogP contribution in [0.5, 0.6) is 0 Å². The fraction of sp³-hybridized carbons (Fsp3) is 0.923. The number of nitrogens with one attached hydrogen (secondary N) is 1. The zero-order valence-corrected chi connectivity index (χ0v) is 10.4. The van der Waals surface area contributed by atoms with Crippen molar-refractivity contribution in [1.29, 1.82) is 0 Å². The van der Waals surface area contributed by atoms with E-state index in [2.05, 4.69) is 26.1 Å². The van der Waals surface area contributed by atoms with Crippen molar-refractivity contribution in [2.75, 3.05) is 6.54 Å². The van der Waals surface area contributed by atoms with Crippen molar-refractivity contribution >= 4 is 5.78 Å². The van der Waals surface area contributed by atoms with E-state index in [1.165, 1.54) is 19.3 Å². The van der Waals surface area contributed by atoms with Gasteiger partial charge in [-0.1, -0.05) is 33.6 Å². The monoisotopic (exact) mass is 211 g/mol. The van der Waals surface area contributed by atoms with Gasteiger partial charge in [-0.15, -0.1) is 0 Å². The molecule has 1 atom stereocenters. The second-order valence-electron chi connectivity index (χ2n) is 5.88. The molecule has 1 aliphatic heterocycles. The Morgan fingerprint density at radius 2 is 2.00 bits per heavy atom. The summed E-state index contributed by atoms with van der Waals surface area (Å²) in [5.41, 5.74) is 0.278. The first-order valence-corrected chi connectivity index (χ1v) is 6.25. The van der Waals surface area contributed by atoms with Crippen LogP contribution in [0.2, 0.25) is 0 Å². The maximum absolute atomic E-state index is 11.9. The fourth-order valence-corrected chi connectivity index (χ4v) is 1.98. The SMILES string of the molecule is CC(C)(C)CCC(=O)C1CCCCCN1. The lowest BCUT2D eigenvalue weighted by Crippen LogP contribution is -2.36. The predicted molar refractivity (Wildman–Crippen MR) is 64.0 cm³/mol. The lowest BCUT2D eigenvalue weighted by atomic mass is 9.88. The molecule has 1 N–H and O–H groups in total. The van der Waals surface area contributed by atoms with Gasteiger partial charge in [-0.3, -0.25) is 4.79 Å². The standard InChI is InChI=1S/C13H25NO/c1-13(2,3)9-8-12(15)11-7-5-4-6-10-14-11/h11,14H,4-10H2,1-3H3. The Hall–Kier alpha value is -0.370. The van der Waals surface area contributed by atoms with Crippen LogP contribution < -0.4 is 5.32 Å². The average molecular weight is 211 g/mol. The summed E-state index contributed by atoms with van der Waals surface area (Å²) < 4.78 is 0. The largest absolute Gasteiger partial charge is 0.307 e. The maximum Gasteiger partial charge on any atom is 0.149 e. The zero-order chi connectivity index (χ0) is 11.3. The van der Waals surface area contributed by atoms with Gasteiger partial charge in [-0.25, -0.2) is 0 Å². The Labute approximate surface area is 93.8 Å². The van der Waals surface area contributed by atoms with Crippen LogP contribution in [0, 0.1) is 5.41 Å². The minimum absolute atomic E-state index is 0.148. The van der Waals surface area contributed by atoms with Crippen LogP contribution in [-0.2, 0) is 4.79 Å². The van der Waals surface area contributed by atoms with Crippen molar-refractivity contribution < 1.29 is 4.79 Å². The summed E-state index contributed by atoms with van der Waals surface area (Å²) in [5, 5.41) is 3.37. The highest BCUT2D eigenvalue weighted by Crippen LogP contribution is 2.22. The molecule has 0 saturated carbocycles. The summed E-state index contributed by atoms with van der Waals surface area (Å²) in [6, 6.07) is 0.148. The number of carbonyl (C=O) groups is 1.